The number of amides is 1. The normalized spacial score (nSPS) is 16.8. The molecule has 100 valence electrons. The van der Waals surface area contributed by atoms with Crippen LogP contribution in [-0.4, -0.2) is 28.3 Å². The summed E-state index contributed by atoms with van der Waals surface area (Å²) in [7, 11) is 0. The molecule has 0 aromatic carbocycles. The van der Waals surface area contributed by atoms with Crippen LogP contribution < -0.4 is 5.32 Å². The summed E-state index contributed by atoms with van der Waals surface area (Å²) in [6.45, 7) is 10.3. The molecule has 0 radical (unpaired) electrons. The number of alkyl carbamates (subject to hydrolysis) is 1. The van der Waals surface area contributed by atoms with Crippen molar-refractivity contribution in [1.29, 1.82) is 0 Å². The van der Waals surface area contributed by atoms with Gasteiger partial charge in [-0.25, -0.2) is 9.59 Å². The van der Waals surface area contributed by atoms with Crippen LogP contribution in [0.2, 0.25) is 0 Å². The van der Waals surface area contributed by atoms with Crippen molar-refractivity contribution in [2.45, 2.75) is 59.1 Å². The zero-order valence-electron chi connectivity index (χ0n) is 11.5. The Kier molecular flexibility index (Phi) is 4.98. The Balaban J connectivity index is 4.79. The van der Waals surface area contributed by atoms with E-state index in [9.17, 15) is 14.7 Å². The molecule has 0 aromatic rings. The molecule has 2 N–H and O–H groups in total. The topological polar surface area (TPSA) is 75.6 Å². The Morgan fingerprint density at radius 1 is 1.29 bits per heavy atom. The number of carboxylic acids is 1. The average Bonchev–Trinajstić information content (AvgIpc) is 2.12. The first-order chi connectivity index (χ1) is 7.53. The van der Waals surface area contributed by atoms with Crippen LogP contribution in [0.4, 0.5) is 4.79 Å². The number of rotatable bonds is 4. The Morgan fingerprint density at radius 3 is 2.06 bits per heavy atom. The van der Waals surface area contributed by atoms with Crippen molar-refractivity contribution >= 4 is 12.1 Å². The SMILES string of the molecule is CC[C@H](C)[C@](C)(NC(=O)OC(C)(C)C)C(=O)O. The lowest BCUT2D eigenvalue weighted by Gasteiger charge is -2.32. The summed E-state index contributed by atoms with van der Waals surface area (Å²) >= 11 is 0. The van der Waals surface area contributed by atoms with E-state index in [4.69, 9.17) is 4.74 Å². The molecule has 0 saturated heterocycles. The van der Waals surface area contributed by atoms with Crippen LogP contribution in [0.3, 0.4) is 0 Å². The summed E-state index contributed by atoms with van der Waals surface area (Å²) < 4.78 is 5.06. The molecule has 0 spiro atoms. The smallest absolute Gasteiger partial charge is 0.408 e. The second-order valence-electron chi connectivity index (χ2n) is 5.44. The van der Waals surface area contributed by atoms with Crippen LogP contribution in [0.25, 0.3) is 0 Å². The van der Waals surface area contributed by atoms with Crippen molar-refractivity contribution in [2.24, 2.45) is 5.92 Å². The van der Waals surface area contributed by atoms with Crippen LogP contribution in [0.1, 0.15) is 48.0 Å². The fraction of sp³-hybridized carbons (Fsp3) is 0.833. The van der Waals surface area contributed by atoms with Crippen molar-refractivity contribution in [1.82, 2.24) is 5.32 Å². The fourth-order valence-corrected chi connectivity index (χ4v) is 1.31. The monoisotopic (exact) mass is 245 g/mol. The zero-order chi connectivity index (χ0) is 13.9. The Bertz CT molecular complexity index is 295. The summed E-state index contributed by atoms with van der Waals surface area (Å²) in [6.07, 6.45) is -0.0544. The van der Waals surface area contributed by atoms with Gasteiger partial charge < -0.3 is 15.2 Å². The van der Waals surface area contributed by atoms with Gasteiger partial charge in [0.25, 0.3) is 0 Å². The van der Waals surface area contributed by atoms with Crippen LogP contribution in [0.15, 0.2) is 0 Å². The van der Waals surface area contributed by atoms with E-state index >= 15 is 0 Å². The first kappa shape index (κ1) is 15.7. The van der Waals surface area contributed by atoms with Gasteiger partial charge in [0, 0.05) is 0 Å². The van der Waals surface area contributed by atoms with E-state index < -0.39 is 23.2 Å². The van der Waals surface area contributed by atoms with Crippen molar-refractivity contribution < 1.29 is 19.4 Å². The van der Waals surface area contributed by atoms with Crippen molar-refractivity contribution in [3.63, 3.8) is 0 Å². The predicted octanol–water partition coefficient (Wildman–Crippen LogP) is 2.40. The third-order valence-corrected chi connectivity index (χ3v) is 2.80. The lowest BCUT2D eigenvalue weighted by atomic mass is 9.85. The van der Waals surface area contributed by atoms with Crippen LogP contribution in [0, 0.1) is 5.92 Å². The second kappa shape index (κ2) is 5.38. The molecule has 0 rings (SSSR count). The number of carbonyl (C=O) groups is 2. The molecule has 0 bridgehead atoms. The van der Waals surface area contributed by atoms with Gasteiger partial charge in [0.05, 0.1) is 0 Å². The predicted molar refractivity (Wildman–Crippen MR) is 64.9 cm³/mol. The van der Waals surface area contributed by atoms with E-state index in [0.717, 1.165) is 0 Å². The maximum Gasteiger partial charge on any atom is 0.408 e. The quantitative estimate of drug-likeness (QED) is 0.797. The van der Waals surface area contributed by atoms with Gasteiger partial charge >= 0.3 is 12.1 Å². The lowest BCUT2D eigenvalue weighted by molar-refractivity contribution is -0.146. The molecule has 17 heavy (non-hydrogen) atoms. The number of carbonyl (C=O) groups excluding carboxylic acids is 1. The molecule has 1 amide bonds. The molecule has 0 fully saturated rings. The third kappa shape index (κ3) is 4.63. The summed E-state index contributed by atoms with van der Waals surface area (Å²) in [5.74, 6) is -1.25. The number of ether oxygens (including phenoxy) is 1. The van der Waals surface area contributed by atoms with Crippen molar-refractivity contribution in [3.8, 4) is 0 Å². The van der Waals surface area contributed by atoms with E-state index in [1.807, 2.05) is 6.92 Å². The highest BCUT2D eigenvalue weighted by atomic mass is 16.6. The lowest BCUT2D eigenvalue weighted by Crippen LogP contribution is -2.57. The minimum absolute atomic E-state index is 0.187. The molecule has 0 aliphatic carbocycles. The van der Waals surface area contributed by atoms with E-state index in [0.29, 0.717) is 6.42 Å². The van der Waals surface area contributed by atoms with E-state index in [-0.39, 0.29) is 5.92 Å². The molecular weight excluding hydrogens is 222 g/mol. The molecule has 0 unspecified atom stereocenters. The number of carboxylic acid groups (broad SMARTS) is 1. The van der Waals surface area contributed by atoms with Gasteiger partial charge in [0.2, 0.25) is 0 Å². The third-order valence-electron chi connectivity index (χ3n) is 2.80. The highest BCUT2D eigenvalue weighted by Gasteiger charge is 2.40. The van der Waals surface area contributed by atoms with Gasteiger partial charge in [-0.1, -0.05) is 20.3 Å². The van der Waals surface area contributed by atoms with Gasteiger partial charge in [-0.3, -0.25) is 0 Å². The zero-order valence-corrected chi connectivity index (χ0v) is 11.5. The number of nitrogens with one attached hydrogen (secondary N) is 1. The number of aliphatic carboxylic acids is 1. The Hall–Kier alpha value is -1.26. The van der Waals surface area contributed by atoms with Crippen molar-refractivity contribution in [3.05, 3.63) is 0 Å². The molecule has 5 nitrogen and oxygen atoms in total. The highest BCUT2D eigenvalue weighted by Crippen LogP contribution is 2.21. The van der Waals surface area contributed by atoms with Gasteiger partial charge in [-0.05, 0) is 33.6 Å². The maximum atomic E-state index is 11.6. The Morgan fingerprint density at radius 2 is 1.76 bits per heavy atom. The molecule has 0 aliphatic rings. The summed E-state index contributed by atoms with van der Waals surface area (Å²) in [5, 5.41) is 11.7. The molecular formula is C12H23NO4. The second-order valence-corrected chi connectivity index (χ2v) is 5.44. The van der Waals surface area contributed by atoms with Gasteiger partial charge in [0.15, 0.2) is 0 Å². The summed E-state index contributed by atoms with van der Waals surface area (Å²) in [6, 6.07) is 0. The number of hydrogen-bond acceptors (Lipinski definition) is 3. The largest absolute Gasteiger partial charge is 0.480 e. The van der Waals surface area contributed by atoms with Crippen LogP contribution in [0.5, 0.6) is 0 Å². The first-order valence-electron chi connectivity index (χ1n) is 5.77. The molecule has 0 saturated carbocycles. The highest BCUT2D eigenvalue weighted by molar-refractivity contribution is 5.84. The minimum Gasteiger partial charge on any atom is -0.480 e. The van der Waals surface area contributed by atoms with E-state index in [2.05, 4.69) is 5.32 Å². The standard InChI is InChI=1S/C12H23NO4/c1-7-8(2)12(6,9(14)15)13-10(16)17-11(3,4)5/h8H,7H2,1-6H3,(H,13,16)(H,14,15)/t8-,12-/m0/s1. The summed E-state index contributed by atoms with van der Waals surface area (Å²) in [4.78, 5) is 22.9. The summed E-state index contributed by atoms with van der Waals surface area (Å²) in [5.41, 5.74) is -1.95. The van der Waals surface area contributed by atoms with Gasteiger partial charge in [0.1, 0.15) is 11.1 Å². The molecule has 0 aliphatic heterocycles. The molecule has 5 heteroatoms. The first-order valence-corrected chi connectivity index (χ1v) is 5.77. The van der Waals surface area contributed by atoms with Gasteiger partial charge in [-0.2, -0.15) is 0 Å². The molecule has 0 aromatic heterocycles. The maximum absolute atomic E-state index is 11.6. The number of hydrogen-bond donors (Lipinski definition) is 2. The molecule has 0 heterocycles. The van der Waals surface area contributed by atoms with Crippen LogP contribution >= 0.6 is 0 Å². The van der Waals surface area contributed by atoms with E-state index in [1.165, 1.54) is 6.92 Å². The molecule has 2 atom stereocenters. The van der Waals surface area contributed by atoms with Crippen LogP contribution in [-0.2, 0) is 9.53 Å². The van der Waals surface area contributed by atoms with Crippen molar-refractivity contribution in [2.75, 3.05) is 0 Å². The average molecular weight is 245 g/mol. The minimum atomic E-state index is -1.31. The Labute approximate surface area is 103 Å². The van der Waals surface area contributed by atoms with Gasteiger partial charge in [-0.15, -0.1) is 0 Å². The fourth-order valence-electron chi connectivity index (χ4n) is 1.31. The van der Waals surface area contributed by atoms with E-state index in [1.54, 1.807) is 27.7 Å².